The summed E-state index contributed by atoms with van der Waals surface area (Å²) in [5, 5.41) is 0. The molecular formula is C11H16BrNO4S2. The number of hydrogen-bond donors (Lipinski definition) is 0. The molecule has 1 aromatic rings. The van der Waals surface area contributed by atoms with E-state index in [1.165, 1.54) is 18.4 Å². The standard InChI is InChI=1S/C11H16BrNO4S2/c1-4-5-13(7-11(14)17-3)19(15,16)9-6-10(12)18-8(9)2/h6H,4-5,7H2,1-3H3. The third-order valence-electron chi connectivity index (χ3n) is 2.47. The lowest BCUT2D eigenvalue weighted by atomic mass is 10.5. The van der Waals surface area contributed by atoms with Crippen molar-refractivity contribution in [2.45, 2.75) is 25.2 Å². The van der Waals surface area contributed by atoms with Crippen molar-refractivity contribution >= 4 is 43.3 Å². The van der Waals surface area contributed by atoms with Crippen LogP contribution >= 0.6 is 27.3 Å². The summed E-state index contributed by atoms with van der Waals surface area (Å²) in [6, 6.07) is 1.56. The molecule has 108 valence electrons. The van der Waals surface area contributed by atoms with Gasteiger partial charge < -0.3 is 4.74 Å². The molecule has 1 heterocycles. The van der Waals surface area contributed by atoms with Crippen LogP contribution in [0.25, 0.3) is 0 Å². The van der Waals surface area contributed by atoms with Crippen LogP contribution in [0, 0.1) is 6.92 Å². The van der Waals surface area contributed by atoms with Crippen LogP contribution in [0.3, 0.4) is 0 Å². The molecule has 0 aliphatic rings. The summed E-state index contributed by atoms with van der Waals surface area (Å²) in [5.41, 5.74) is 0. The number of hydrogen-bond acceptors (Lipinski definition) is 5. The highest BCUT2D eigenvalue weighted by Crippen LogP contribution is 2.31. The van der Waals surface area contributed by atoms with Gasteiger partial charge in [-0.1, -0.05) is 6.92 Å². The summed E-state index contributed by atoms with van der Waals surface area (Å²) in [6.45, 7) is 3.62. The van der Waals surface area contributed by atoms with Crippen molar-refractivity contribution in [1.82, 2.24) is 4.31 Å². The van der Waals surface area contributed by atoms with Gasteiger partial charge in [0.15, 0.2) is 0 Å². The molecule has 0 aliphatic carbocycles. The van der Waals surface area contributed by atoms with Gasteiger partial charge in [-0.25, -0.2) is 8.42 Å². The summed E-state index contributed by atoms with van der Waals surface area (Å²) in [4.78, 5) is 12.3. The average Bonchev–Trinajstić information content (AvgIpc) is 2.68. The highest BCUT2D eigenvalue weighted by atomic mass is 79.9. The molecule has 0 saturated heterocycles. The van der Waals surface area contributed by atoms with Crippen LogP contribution in [-0.4, -0.2) is 38.9 Å². The van der Waals surface area contributed by atoms with E-state index in [-0.39, 0.29) is 18.0 Å². The Morgan fingerprint density at radius 1 is 1.53 bits per heavy atom. The summed E-state index contributed by atoms with van der Waals surface area (Å²) >= 11 is 4.62. The molecule has 0 spiro atoms. The molecule has 0 bridgehead atoms. The summed E-state index contributed by atoms with van der Waals surface area (Å²) in [5.74, 6) is -0.566. The lowest BCUT2D eigenvalue weighted by molar-refractivity contribution is -0.140. The number of ether oxygens (including phenoxy) is 1. The van der Waals surface area contributed by atoms with Crippen LogP contribution < -0.4 is 0 Å². The highest BCUT2D eigenvalue weighted by Gasteiger charge is 2.29. The van der Waals surface area contributed by atoms with E-state index in [4.69, 9.17) is 0 Å². The molecule has 0 amide bonds. The summed E-state index contributed by atoms with van der Waals surface area (Å²) in [6.07, 6.45) is 0.626. The first kappa shape index (κ1) is 16.6. The third-order valence-corrected chi connectivity index (χ3v) is 6.12. The second kappa shape index (κ2) is 6.83. The smallest absolute Gasteiger partial charge is 0.321 e. The van der Waals surface area contributed by atoms with Crippen LogP contribution in [0.4, 0.5) is 0 Å². The molecule has 0 N–H and O–H groups in total. The molecule has 0 saturated carbocycles. The van der Waals surface area contributed by atoms with Gasteiger partial charge in [-0.15, -0.1) is 11.3 Å². The number of carbonyl (C=O) groups excluding carboxylic acids is 1. The number of carbonyl (C=O) groups is 1. The number of nitrogens with zero attached hydrogens (tertiary/aromatic N) is 1. The second-order valence-corrected chi connectivity index (χ2v) is 8.43. The van der Waals surface area contributed by atoms with E-state index < -0.39 is 16.0 Å². The van der Waals surface area contributed by atoms with Gasteiger partial charge in [0.05, 0.1) is 15.8 Å². The van der Waals surface area contributed by atoms with Crippen LogP contribution in [-0.2, 0) is 19.6 Å². The van der Waals surface area contributed by atoms with Crippen molar-refractivity contribution in [3.8, 4) is 0 Å². The minimum Gasteiger partial charge on any atom is -0.468 e. The lowest BCUT2D eigenvalue weighted by Crippen LogP contribution is -2.36. The molecule has 0 aromatic carbocycles. The first-order valence-corrected chi connectivity index (χ1v) is 8.70. The summed E-state index contributed by atoms with van der Waals surface area (Å²) in [7, 11) is -2.42. The molecule has 0 radical (unpaired) electrons. The van der Waals surface area contributed by atoms with E-state index >= 15 is 0 Å². The third kappa shape index (κ3) is 4.01. The van der Waals surface area contributed by atoms with E-state index in [2.05, 4.69) is 20.7 Å². The van der Waals surface area contributed by atoms with Crippen LogP contribution in [0.1, 0.15) is 18.2 Å². The number of esters is 1. The summed E-state index contributed by atoms with van der Waals surface area (Å²) < 4.78 is 31.5. The largest absolute Gasteiger partial charge is 0.468 e. The maximum Gasteiger partial charge on any atom is 0.321 e. The Morgan fingerprint density at radius 2 is 2.16 bits per heavy atom. The van der Waals surface area contributed by atoms with Gasteiger partial charge in [-0.2, -0.15) is 4.31 Å². The molecule has 0 atom stereocenters. The zero-order valence-electron chi connectivity index (χ0n) is 11.0. The Labute approximate surface area is 125 Å². The first-order chi connectivity index (χ1) is 8.82. The Bertz CT molecular complexity index is 553. The van der Waals surface area contributed by atoms with Crippen LogP contribution in [0.2, 0.25) is 0 Å². The van der Waals surface area contributed by atoms with Crippen molar-refractivity contribution in [3.63, 3.8) is 0 Å². The molecule has 1 rings (SSSR count). The van der Waals surface area contributed by atoms with E-state index in [0.717, 1.165) is 8.09 Å². The van der Waals surface area contributed by atoms with Crippen molar-refractivity contribution in [3.05, 3.63) is 14.7 Å². The highest BCUT2D eigenvalue weighted by molar-refractivity contribution is 9.11. The predicted molar refractivity (Wildman–Crippen MR) is 77.8 cm³/mol. The van der Waals surface area contributed by atoms with Gasteiger partial charge in [0.2, 0.25) is 10.0 Å². The number of thiophene rings is 1. The zero-order valence-corrected chi connectivity index (χ0v) is 14.2. The molecule has 0 fully saturated rings. The SMILES string of the molecule is CCCN(CC(=O)OC)S(=O)(=O)c1cc(Br)sc1C. The molecule has 0 aliphatic heterocycles. The van der Waals surface area contributed by atoms with E-state index in [9.17, 15) is 13.2 Å². The van der Waals surface area contributed by atoms with Gasteiger partial charge in [-0.3, -0.25) is 4.79 Å². The Kier molecular flexibility index (Phi) is 5.97. The fraction of sp³-hybridized carbons (Fsp3) is 0.545. The average molecular weight is 370 g/mol. The monoisotopic (exact) mass is 369 g/mol. The fourth-order valence-corrected chi connectivity index (χ4v) is 5.43. The maximum absolute atomic E-state index is 12.5. The molecule has 0 unspecified atom stereocenters. The molecular weight excluding hydrogens is 354 g/mol. The molecule has 1 aromatic heterocycles. The quantitative estimate of drug-likeness (QED) is 0.722. The molecule has 8 heteroatoms. The predicted octanol–water partition coefficient (Wildman–Crippen LogP) is 2.39. The number of rotatable bonds is 6. The van der Waals surface area contributed by atoms with Gasteiger partial charge in [0.25, 0.3) is 0 Å². The minimum absolute atomic E-state index is 0.238. The normalized spacial score (nSPS) is 11.8. The molecule has 19 heavy (non-hydrogen) atoms. The van der Waals surface area contributed by atoms with Crippen molar-refractivity contribution in [2.24, 2.45) is 0 Å². The number of sulfonamides is 1. The van der Waals surface area contributed by atoms with E-state index in [1.54, 1.807) is 13.0 Å². The van der Waals surface area contributed by atoms with Crippen molar-refractivity contribution in [2.75, 3.05) is 20.2 Å². The van der Waals surface area contributed by atoms with E-state index in [1.807, 2.05) is 6.92 Å². The zero-order chi connectivity index (χ0) is 14.6. The van der Waals surface area contributed by atoms with Crippen molar-refractivity contribution < 1.29 is 17.9 Å². The van der Waals surface area contributed by atoms with E-state index in [0.29, 0.717) is 11.3 Å². The van der Waals surface area contributed by atoms with Gasteiger partial charge in [0.1, 0.15) is 6.54 Å². The van der Waals surface area contributed by atoms with Crippen LogP contribution in [0.15, 0.2) is 14.7 Å². The topological polar surface area (TPSA) is 63.7 Å². The Hall–Kier alpha value is -0.440. The van der Waals surface area contributed by atoms with Crippen molar-refractivity contribution in [1.29, 1.82) is 0 Å². The Morgan fingerprint density at radius 3 is 2.58 bits per heavy atom. The van der Waals surface area contributed by atoms with Gasteiger partial charge in [-0.05, 0) is 35.3 Å². The first-order valence-electron chi connectivity index (χ1n) is 5.65. The number of aryl methyl sites for hydroxylation is 1. The Balaban J connectivity index is 3.12. The van der Waals surface area contributed by atoms with Gasteiger partial charge >= 0.3 is 5.97 Å². The van der Waals surface area contributed by atoms with Gasteiger partial charge in [0, 0.05) is 11.4 Å². The number of methoxy groups -OCH3 is 1. The molecule has 5 nitrogen and oxygen atoms in total. The van der Waals surface area contributed by atoms with Crippen LogP contribution in [0.5, 0.6) is 0 Å². The number of halogens is 1. The minimum atomic E-state index is -3.67. The maximum atomic E-state index is 12.5. The lowest BCUT2D eigenvalue weighted by Gasteiger charge is -2.20. The second-order valence-electron chi connectivity index (χ2n) is 3.89. The fourth-order valence-electron chi connectivity index (χ4n) is 1.57.